The number of nitrogens with zero attached hydrogens (tertiary/aromatic N) is 1. The Labute approximate surface area is 105 Å². The van der Waals surface area contributed by atoms with Crippen LogP contribution in [0.25, 0.3) is 0 Å². The molecule has 0 radical (unpaired) electrons. The Hall–Kier alpha value is -0.160. The molecule has 2 aliphatic rings. The van der Waals surface area contributed by atoms with Gasteiger partial charge in [0.05, 0.1) is 19.3 Å². The molecule has 1 aliphatic carbocycles. The first-order valence-electron chi connectivity index (χ1n) is 6.93. The van der Waals surface area contributed by atoms with Crippen molar-refractivity contribution in [2.45, 2.75) is 44.4 Å². The number of likely N-dealkylation sites (N-methyl/N-ethyl adjacent to an activating group) is 1. The van der Waals surface area contributed by atoms with Gasteiger partial charge in [-0.05, 0) is 25.8 Å². The molecule has 17 heavy (non-hydrogen) atoms. The Morgan fingerprint density at radius 1 is 1.47 bits per heavy atom. The van der Waals surface area contributed by atoms with E-state index in [1.165, 1.54) is 19.3 Å². The van der Waals surface area contributed by atoms with E-state index in [4.69, 9.17) is 9.47 Å². The Balaban J connectivity index is 1.86. The van der Waals surface area contributed by atoms with Crippen molar-refractivity contribution in [2.24, 2.45) is 0 Å². The van der Waals surface area contributed by atoms with Crippen LogP contribution in [-0.4, -0.2) is 63.0 Å². The predicted molar refractivity (Wildman–Crippen MR) is 68.3 cm³/mol. The van der Waals surface area contributed by atoms with Crippen LogP contribution < -0.4 is 5.32 Å². The Bertz CT molecular complexity index is 219. The van der Waals surface area contributed by atoms with Crippen LogP contribution in [0.3, 0.4) is 0 Å². The minimum absolute atomic E-state index is 0.448. The van der Waals surface area contributed by atoms with Gasteiger partial charge in [-0.2, -0.15) is 0 Å². The molecule has 1 saturated heterocycles. The van der Waals surface area contributed by atoms with Gasteiger partial charge in [-0.25, -0.2) is 0 Å². The third-order valence-corrected chi connectivity index (χ3v) is 3.91. The average molecular weight is 242 g/mol. The van der Waals surface area contributed by atoms with Crippen molar-refractivity contribution in [3.8, 4) is 0 Å². The summed E-state index contributed by atoms with van der Waals surface area (Å²) in [4.78, 5) is 2.60. The zero-order valence-electron chi connectivity index (χ0n) is 11.2. The Morgan fingerprint density at radius 3 is 3.12 bits per heavy atom. The minimum atomic E-state index is 0.448. The molecule has 1 heterocycles. The fraction of sp³-hybridized carbons (Fsp3) is 1.00. The smallest absolute Gasteiger partial charge is 0.0730 e. The lowest BCUT2D eigenvalue weighted by molar-refractivity contribution is -0.0602. The summed E-state index contributed by atoms with van der Waals surface area (Å²) in [5.74, 6) is 0. The maximum Gasteiger partial charge on any atom is 0.0730 e. The second-order valence-corrected chi connectivity index (χ2v) is 5.11. The normalized spacial score (nSPS) is 31.4. The molecule has 100 valence electrons. The topological polar surface area (TPSA) is 33.7 Å². The summed E-state index contributed by atoms with van der Waals surface area (Å²) in [6.45, 7) is 7.02. The van der Waals surface area contributed by atoms with E-state index in [1.54, 1.807) is 7.11 Å². The van der Waals surface area contributed by atoms with E-state index in [0.717, 1.165) is 32.8 Å². The van der Waals surface area contributed by atoms with Crippen LogP contribution in [0, 0.1) is 0 Å². The third kappa shape index (κ3) is 3.41. The molecule has 0 aromatic heterocycles. The van der Waals surface area contributed by atoms with Crippen LogP contribution in [0.2, 0.25) is 0 Å². The van der Waals surface area contributed by atoms with Gasteiger partial charge in [0, 0.05) is 32.3 Å². The predicted octanol–water partition coefficient (Wildman–Crippen LogP) is 0.864. The number of nitrogens with one attached hydrogen (secondary N) is 1. The first-order valence-corrected chi connectivity index (χ1v) is 6.93. The zero-order valence-corrected chi connectivity index (χ0v) is 11.2. The largest absolute Gasteiger partial charge is 0.383 e. The van der Waals surface area contributed by atoms with Crippen molar-refractivity contribution in [1.82, 2.24) is 10.2 Å². The van der Waals surface area contributed by atoms with E-state index < -0.39 is 0 Å². The van der Waals surface area contributed by atoms with Gasteiger partial charge in [-0.1, -0.05) is 6.92 Å². The fourth-order valence-electron chi connectivity index (χ4n) is 3.18. The minimum Gasteiger partial charge on any atom is -0.383 e. The van der Waals surface area contributed by atoms with Crippen molar-refractivity contribution in [2.75, 3.05) is 40.0 Å². The highest BCUT2D eigenvalue weighted by molar-refractivity contribution is 4.90. The Morgan fingerprint density at radius 2 is 2.35 bits per heavy atom. The maximum atomic E-state index is 5.84. The number of hydrogen-bond donors (Lipinski definition) is 1. The molecule has 0 spiro atoms. The molecule has 1 saturated carbocycles. The maximum absolute atomic E-state index is 5.84. The van der Waals surface area contributed by atoms with E-state index in [0.29, 0.717) is 18.2 Å². The van der Waals surface area contributed by atoms with Crippen molar-refractivity contribution in [1.29, 1.82) is 0 Å². The molecule has 3 atom stereocenters. The van der Waals surface area contributed by atoms with E-state index in [-0.39, 0.29) is 0 Å². The lowest BCUT2D eigenvalue weighted by atomic mass is 10.1. The molecule has 2 rings (SSSR count). The quantitative estimate of drug-likeness (QED) is 0.749. The van der Waals surface area contributed by atoms with Crippen LogP contribution >= 0.6 is 0 Å². The fourth-order valence-corrected chi connectivity index (χ4v) is 3.18. The molecular formula is C13H26N2O2. The zero-order chi connectivity index (χ0) is 12.1. The molecule has 4 heteroatoms. The summed E-state index contributed by atoms with van der Waals surface area (Å²) in [5.41, 5.74) is 0. The highest BCUT2D eigenvalue weighted by atomic mass is 16.5. The van der Waals surface area contributed by atoms with Gasteiger partial charge >= 0.3 is 0 Å². The summed E-state index contributed by atoms with van der Waals surface area (Å²) in [6.07, 6.45) is 4.36. The standard InChI is InChI=1S/C13H26N2O2/c1-3-14-11(10-16-2)9-15-7-8-17-13-6-4-5-12(13)15/h11-14H,3-10H2,1-2H3. The first kappa shape index (κ1) is 13.3. The van der Waals surface area contributed by atoms with Gasteiger partial charge in [-0.3, -0.25) is 4.90 Å². The molecule has 4 nitrogen and oxygen atoms in total. The van der Waals surface area contributed by atoms with Gasteiger partial charge in [0.2, 0.25) is 0 Å². The molecular weight excluding hydrogens is 216 g/mol. The van der Waals surface area contributed by atoms with Crippen LogP contribution in [0.5, 0.6) is 0 Å². The van der Waals surface area contributed by atoms with E-state index >= 15 is 0 Å². The lowest BCUT2D eigenvalue weighted by Crippen LogP contribution is -2.54. The van der Waals surface area contributed by atoms with Crippen LogP contribution in [0.1, 0.15) is 26.2 Å². The van der Waals surface area contributed by atoms with E-state index in [1.807, 2.05) is 0 Å². The summed E-state index contributed by atoms with van der Waals surface area (Å²) in [7, 11) is 1.78. The molecule has 0 amide bonds. The molecule has 2 fully saturated rings. The molecule has 0 bridgehead atoms. The number of fused-ring (bicyclic) bond motifs is 1. The number of methoxy groups -OCH3 is 1. The number of rotatable bonds is 6. The van der Waals surface area contributed by atoms with E-state index in [2.05, 4.69) is 17.1 Å². The highest BCUT2D eigenvalue weighted by Crippen LogP contribution is 2.29. The summed E-state index contributed by atoms with van der Waals surface area (Å²) in [5, 5.41) is 3.50. The van der Waals surface area contributed by atoms with Gasteiger partial charge in [0.15, 0.2) is 0 Å². The number of hydrogen-bond acceptors (Lipinski definition) is 4. The second-order valence-electron chi connectivity index (χ2n) is 5.11. The van der Waals surface area contributed by atoms with Crippen LogP contribution in [0.15, 0.2) is 0 Å². The third-order valence-electron chi connectivity index (χ3n) is 3.91. The summed E-state index contributed by atoms with van der Waals surface area (Å²) >= 11 is 0. The van der Waals surface area contributed by atoms with Crippen molar-refractivity contribution in [3.63, 3.8) is 0 Å². The van der Waals surface area contributed by atoms with Gasteiger partial charge in [0.1, 0.15) is 0 Å². The number of ether oxygens (including phenoxy) is 2. The van der Waals surface area contributed by atoms with Crippen LogP contribution in [0.4, 0.5) is 0 Å². The van der Waals surface area contributed by atoms with Gasteiger partial charge in [0.25, 0.3) is 0 Å². The monoisotopic (exact) mass is 242 g/mol. The second kappa shape index (κ2) is 6.69. The lowest BCUT2D eigenvalue weighted by Gasteiger charge is -2.39. The molecule has 3 unspecified atom stereocenters. The molecule has 1 aliphatic heterocycles. The molecule has 0 aromatic rings. The van der Waals surface area contributed by atoms with Gasteiger partial charge < -0.3 is 14.8 Å². The SMILES string of the molecule is CCNC(COC)CN1CCOC2CCCC21. The summed E-state index contributed by atoms with van der Waals surface area (Å²) < 4.78 is 11.1. The first-order chi connectivity index (χ1) is 8.35. The van der Waals surface area contributed by atoms with Crippen molar-refractivity contribution >= 4 is 0 Å². The van der Waals surface area contributed by atoms with Gasteiger partial charge in [-0.15, -0.1) is 0 Å². The number of morpholine rings is 1. The Kier molecular flexibility index (Phi) is 5.22. The average Bonchev–Trinajstić information content (AvgIpc) is 2.79. The van der Waals surface area contributed by atoms with Crippen molar-refractivity contribution in [3.05, 3.63) is 0 Å². The van der Waals surface area contributed by atoms with Crippen molar-refractivity contribution < 1.29 is 9.47 Å². The van der Waals surface area contributed by atoms with Crippen LogP contribution in [-0.2, 0) is 9.47 Å². The summed E-state index contributed by atoms with van der Waals surface area (Å²) in [6, 6.07) is 1.10. The molecule has 0 aromatic carbocycles. The molecule has 1 N–H and O–H groups in total. The highest BCUT2D eigenvalue weighted by Gasteiger charge is 2.36. The van der Waals surface area contributed by atoms with E-state index in [9.17, 15) is 0 Å².